The minimum absolute atomic E-state index is 0.0106. The van der Waals surface area contributed by atoms with E-state index in [0.29, 0.717) is 17.1 Å². The smallest absolute Gasteiger partial charge is 0.186 e. The molecule has 21 heavy (non-hydrogen) atoms. The molecule has 0 atom stereocenters. The van der Waals surface area contributed by atoms with E-state index in [1.165, 1.54) is 11.8 Å². The Bertz CT molecular complexity index is 636. The molecule has 0 fully saturated rings. The van der Waals surface area contributed by atoms with Gasteiger partial charge in [-0.05, 0) is 29.7 Å². The van der Waals surface area contributed by atoms with Gasteiger partial charge in [-0.15, -0.1) is 0 Å². The molecule has 2 aromatic rings. The van der Waals surface area contributed by atoms with Crippen molar-refractivity contribution >= 4 is 17.5 Å². The molecule has 0 heterocycles. The Morgan fingerprint density at radius 2 is 1.71 bits per heavy atom. The summed E-state index contributed by atoms with van der Waals surface area (Å²) in [6, 6.07) is 14.8. The van der Waals surface area contributed by atoms with E-state index in [4.69, 9.17) is 9.47 Å². The van der Waals surface area contributed by atoms with Crippen LogP contribution in [0.5, 0.6) is 11.5 Å². The van der Waals surface area contributed by atoms with Gasteiger partial charge in [0.2, 0.25) is 0 Å². The number of methoxy groups -OCH3 is 2. The summed E-state index contributed by atoms with van der Waals surface area (Å²) in [4.78, 5) is 12.9. The van der Waals surface area contributed by atoms with E-state index in [1.54, 1.807) is 37.8 Å². The van der Waals surface area contributed by atoms with Crippen LogP contribution in [0.3, 0.4) is 0 Å². The van der Waals surface area contributed by atoms with Crippen molar-refractivity contribution in [2.45, 2.75) is 4.90 Å². The minimum Gasteiger partial charge on any atom is -0.493 e. The first-order chi connectivity index (χ1) is 10.2. The van der Waals surface area contributed by atoms with Crippen molar-refractivity contribution in [2.24, 2.45) is 0 Å². The van der Waals surface area contributed by atoms with Crippen molar-refractivity contribution in [1.29, 1.82) is 0 Å². The van der Waals surface area contributed by atoms with Gasteiger partial charge in [0.25, 0.3) is 0 Å². The molecule has 0 saturated carbocycles. The molecule has 0 aliphatic rings. The number of ether oxygens (including phenoxy) is 2. The Morgan fingerprint density at radius 3 is 2.38 bits per heavy atom. The first-order valence-corrected chi connectivity index (χ1v) is 7.27. The van der Waals surface area contributed by atoms with Gasteiger partial charge < -0.3 is 9.47 Å². The number of carbonyl (C=O) groups is 1. The largest absolute Gasteiger partial charge is 0.493 e. The lowest BCUT2D eigenvalue weighted by molar-refractivity contribution is 0.104. The summed E-state index contributed by atoms with van der Waals surface area (Å²) in [5, 5.41) is 1.77. The molecule has 0 spiro atoms. The Balaban J connectivity index is 2.03. The minimum atomic E-state index is -0.0106. The average molecular weight is 300 g/mol. The predicted octanol–water partition coefficient (Wildman–Crippen LogP) is 4.19. The van der Waals surface area contributed by atoms with Crippen LogP contribution in [-0.4, -0.2) is 20.0 Å². The highest BCUT2D eigenvalue weighted by Gasteiger charge is 2.04. The normalized spacial score (nSPS) is 10.6. The molecule has 0 saturated heterocycles. The first kappa shape index (κ1) is 15.2. The second kappa shape index (κ2) is 7.55. The van der Waals surface area contributed by atoms with Crippen molar-refractivity contribution in [3.8, 4) is 11.5 Å². The summed E-state index contributed by atoms with van der Waals surface area (Å²) in [5.74, 6) is 1.35. The fraction of sp³-hybridized carbons (Fsp3) is 0.118. The lowest BCUT2D eigenvalue weighted by Crippen LogP contribution is -1.92. The van der Waals surface area contributed by atoms with Crippen LogP contribution in [0.1, 0.15) is 10.4 Å². The van der Waals surface area contributed by atoms with E-state index in [1.807, 2.05) is 36.4 Å². The average Bonchev–Trinajstić information content (AvgIpc) is 2.55. The number of benzene rings is 2. The highest BCUT2D eigenvalue weighted by atomic mass is 32.2. The van der Waals surface area contributed by atoms with Crippen molar-refractivity contribution < 1.29 is 14.3 Å². The summed E-state index contributed by atoms with van der Waals surface area (Å²) in [5.41, 5.74) is 0.682. The standard InChI is InChI=1S/C17H16O3S/c1-19-16-9-8-14(12-17(16)20-2)21-11-10-15(18)13-6-4-3-5-7-13/h3-12H,1-2H3/b11-10+. The van der Waals surface area contributed by atoms with Crippen molar-refractivity contribution in [2.75, 3.05) is 14.2 Å². The molecule has 2 aromatic carbocycles. The number of hydrogen-bond donors (Lipinski definition) is 0. The van der Waals surface area contributed by atoms with Crippen LogP contribution in [0.4, 0.5) is 0 Å². The summed E-state index contributed by atoms with van der Waals surface area (Å²) < 4.78 is 10.4. The Labute approximate surface area is 128 Å². The fourth-order valence-electron chi connectivity index (χ4n) is 1.76. The van der Waals surface area contributed by atoms with Crippen molar-refractivity contribution in [3.05, 3.63) is 65.6 Å². The number of ketones is 1. The monoisotopic (exact) mass is 300 g/mol. The van der Waals surface area contributed by atoms with Gasteiger partial charge >= 0.3 is 0 Å². The zero-order valence-corrected chi connectivity index (χ0v) is 12.7. The third kappa shape index (κ3) is 4.13. The number of carbonyl (C=O) groups excluding carboxylic acids is 1. The second-order valence-corrected chi connectivity index (χ2v) is 5.15. The van der Waals surface area contributed by atoms with E-state index in [0.717, 1.165) is 4.90 Å². The van der Waals surface area contributed by atoms with Crippen LogP contribution in [0, 0.1) is 0 Å². The van der Waals surface area contributed by atoms with E-state index in [2.05, 4.69) is 0 Å². The highest BCUT2D eigenvalue weighted by Crippen LogP contribution is 2.32. The topological polar surface area (TPSA) is 35.5 Å². The first-order valence-electron chi connectivity index (χ1n) is 6.39. The SMILES string of the molecule is COc1ccc(S/C=C/C(=O)c2ccccc2)cc1OC. The summed E-state index contributed by atoms with van der Waals surface area (Å²) in [7, 11) is 3.20. The zero-order chi connectivity index (χ0) is 15.1. The maximum Gasteiger partial charge on any atom is 0.186 e. The van der Waals surface area contributed by atoms with Gasteiger partial charge in [0.1, 0.15) is 0 Å². The molecule has 0 amide bonds. The molecule has 0 unspecified atom stereocenters. The van der Waals surface area contributed by atoms with Gasteiger partial charge in [0.15, 0.2) is 17.3 Å². The molecule has 0 radical (unpaired) electrons. The molecule has 0 aromatic heterocycles. The van der Waals surface area contributed by atoms with E-state index >= 15 is 0 Å². The number of rotatable bonds is 6. The molecule has 0 bridgehead atoms. The van der Waals surface area contributed by atoms with Gasteiger partial charge in [-0.3, -0.25) is 4.79 Å². The maximum absolute atomic E-state index is 11.9. The van der Waals surface area contributed by atoms with Crippen molar-refractivity contribution in [1.82, 2.24) is 0 Å². The van der Waals surface area contributed by atoms with Crippen LogP contribution in [-0.2, 0) is 0 Å². The van der Waals surface area contributed by atoms with Gasteiger partial charge in [0, 0.05) is 10.5 Å². The molecule has 4 heteroatoms. The Hall–Kier alpha value is -2.20. The fourth-order valence-corrected chi connectivity index (χ4v) is 2.43. The molecule has 0 aliphatic carbocycles. The quantitative estimate of drug-likeness (QED) is 0.455. The third-order valence-electron chi connectivity index (χ3n) is 2.84. The molecule has 108 valence electrons. The van der Waals surface area contributed by atoms with E-state index < -0.39 is 0 Å². The number of allylic oxidation sites excluding steroid dienone is 1. The summed E-state index contributed by atoms with van der Waals surface area (Å²) in [6.07, 6.45) is 1.57. The molecular formula is C17H16O3S. The summed E-state index contributed by atoms with van der Waals surface area (Å²) in [6.45, 7) is 0. The Morgan fingerprint density at radius 1 is 1.00 bits per heavy atom. The van der Waals surface area contributed by atoms with Crippen molar-refractivity contribution in [3.63, 3.8) is 0 Å². The van der Waals surface area contributed by atoms with E-state index in [-0.39, 0.29) is 5.78 Å². The molecule has 2 rings (SSSR count). The van der Waals surface area contributed by atoms with Gasteiger partial charge in [0.05, 0.1) is 14.2 Å². The van der Waals surface area contributed by atoms with Gasteiger partial charge in [-0.2, -0.15) is 0 Å². The summed E-state index contributed by atoms with van der Waals surface area (Å²) >= 11 is 1.46. The van der Waals surface area contributed by atoms with E-state index in [9.17, 15) is 4.79 Å². The molecule has 0 N–H and O–H groups in total. The number of thioether (sulfide) groups is 1. The van der Waals surface area contributed by atoms with Crippen LogP contribution >= 0.6 is 11.8 Å². The number of hydrogen-bond acceptors (Lipinski definition) is 4. The Kier molecular flexibility index (Phi) is 5.46. The predicted molar refractivity (Wildman–Crippen MR) is 85.3 cm³/mol. The van der Waals surface area contributed by atoms with Crippen LogP contribution < -0.4 is 9.47 Å². The maximum atomic E-state index is 11.9. The molecule has 3 nitrogen and oxygen atoms in total. The highest BCUT2D eigenvalue weighted by molar-refractivity contribution is 8.02. The van der Waals surface area contributed by atoms with Gasteiger partial charge in [-0.1, -0.05) is 42.1 Å². The second-order valence-electron chi connectivity index (χ2n) is 4.17. The van der Waals surface area contributed by atoms with Gasteiger partial charge in [-0.25, -0.2) is 0 Å². The van der Waals surface area contributed by atoms with Crippen LogP contribution in [0.15, 0.2) is 64.9 Å². The zero-order valence-electron chi connectivity index (χ0n) is 11.9. The third-order valence-corrected chi connectivity index (χ3v) is 3.64. The molecular weight excluding hydrogens is 284 g/mol. The van der Waals surface area contributed by atoms with Crippen LogP contribution in [0.25, 0.3) is 0 Å². The van der Waals surface area contributed by atoms with Crippen LogP contribution in [0.2, 0.25) is 0 Å². The molecule has 0 aliphatic heterocycles. The lowest BCUT2D eigenvalue weighted by atomic mass is 10.1. The lowest BCUT2D eigenvalue weighted by Gasteiger charge is -2.08.